The van der Waals surface area contributed by atoms with E-state index in [9.17, 15) is 9.59 Å². The molecule has 4 rings (SSSR count). The van der Waals surface area contributed by atoms with Crippen LogP contribution in [-0.2, 0) is 9.59 Å². The summed E-state index contributed by atoms with van der Waals surface area (Å²) in [5, 5.41) is 5.49. The molecule has 3 fully saturated rings. The van der Waals surface area contributed by atoms with Gasteiger partial charge in [0.25, 0.3) is 0 Å². The maximum atomic E-state index is 13.3. The van der Waals surface area contributed by atoms with Crippen LogP contribution in [0.15, 0.2) is 18.2 Å². The normalized spacial score (nSPS) is 32.7. The van der Waals surface area contributed by atoms with Crippen LogP contribution < -0.4 is 21.1 Å². The Morgan fingerprint density at radius 2 is 1.97 bits per heavy atom. The summed E-state index contributed by atoms with van der Waals surface area (Å²) in [6.45, 7) is 8.63. The first-order valence-corrected chi connectivity index (χ1v) is 15.5. The molecule has 1 amide bonds. The predicted octanol–water partition coefficient (Wildman–Crippen LogP) is 4.79. The summed E-state index contributed by atoms with van der Waals surface area (Å²) in [6, 6.07) is 6.23. The van der Waals surface area contributed by atoms with Gasteiger partial charge in [-0.05, 0) is 113 Å². The third kappa shape index (κ3) is 5.95. The van der Waals surface area contributed by atoms with Crippen molar-refractivity contribution in [2.45, 2.75) is 70.9 Å². The van der Waals surface area contributed by atoms with E-state index in [1.54, 1.807) is 11.6 Å². The van der Waals surface area contributed by atoms with Gasteiger partial charge in [-0.1, -0.05) is 37.6 Å². The van der Waals surface area contributed by atoms with Crippen LogP contribution in [0.1, 0.15) is 57.9 Å². The smallest absolute Gasteiger partial charge is 0.241 e. The monoisotopic (exact) mass is 511 g/mol. The number of amides is 1. The van der Waals surface area contributed by atoms with E-state index in [0.717, 1.165) is 55.4 Å². The van der Waals surface area contributed by atoms with E-state index >= 15 is 0 Å². The number of nitrogens with two attached hydrogens (primary N) is 1. The van der Waals surface area contributed by atoms with Crippen LogP contribution in [0, 0.1) is 30.1 Å². The van der Waals surface area contributed by atoms with Crippen molar-refractivity contribution in [3.8, 4) is 0 Å². The number of aldehydes is 1. The summed E-state index contributed by atoms with van der Waals surface area (Å²) < 4.78 is 3.54. The molecule has 1 aromatic carbocycles. The maximum absolute atomic E-state index is 13.3. The summed E-state index contributed by atoms with van der Waals surface area (Å²) >= 11 is 7.98. The first-order valence-electron chi connectivity index (χ1n) is 11.9. The summed E-state index contributed by atoms with van der Waals surface area (Å²) in [5.41, 5.74) is 4.95. The minimum Gasteiger partial charge on any atom is -0.351 e. The molecular formula is C25H39ClN3O2PS. The van der Waals surface area contributed by atoms with Crippen molar-refractivity contribution in [1.29, 1.82) is 0 Å². The van der Waals surface area contributed by atoms with Gasteiger partial charge in [0.1, 0.15) is 11.8 Å². The molecule has 3 aliphatic rings. The van der Waals surface area contributed by atoms with E-state index in [-0.39, 0.29) is 17.4 Å². The van der Waals surface area contributed by atoms with Crippen LogP contribution >= 0.6 is 30.3 Å². The number of hydrogen-bond acceptors (Lipinski definition) is 5. The van der Waals surface area contributed by atoms with Crippen LogP contribution in [0.5, 0.6) is 0 Å². The number of carbonyl (C=O) groups excluding carboxylic acids is 2. The number of halogens is 1. The highest BCUT2D eigenvalue weighted by molar-refractivity contribution is 8.56. The highest BCUT2D eigenvalue weighted by atomic mass is 35.5. The molecule has 0 heterocycles. The molecule has 0 aromatic heterocycles. The fraction of sp³-hybridized carbons (Fsp3) is 0.680. The minimum atomic E-state index is -0.512. The lowest BCUT2D eigenvalue weighted by molar-refractivity contribution is -0.127. The molecule has 3 saturated carbocycles. The van der Waals surface area contributed by atoms with Gasteiger partial charge >= 0.3 is 0 Å². The number of rotatable bonds is 7. The molecule has 0 spiro atoms. The van der Waals surface area contributed by atoms with E-state index in [1.807, 2.05) is 12.1 Å². The molecule has 0 aliphatic heterocycles. The van der Waals surface area contributed by atoms with Gasteiger partial charge in [0.05, 0.1) is 0 Å². The van der Waals surface area contributed by atoms with Crippen LogP contribution in [0.3, 0.4) is 0 Å². The molecular weight excluding hydrogens is 473 g/mol. The molecule has 6 atom stereocenters. The van der Waals surface area contributed by atoms with E-state index in [4.69, 9.17) is 11.6 Å². The van der Waals surface area contributed by atoms with Gasteiger partial charge in [0.2, 0.25) is 5.91 Å². The SMILES string of the molecule is CN.Cc1c(Cl)cccc1P(C)SNC1(C(=O)NC2C(C)CC3CC2CC(C)(C=O)C3)CC1. The Balaban J connectivity index is 0.00000149. The number of fused-ring (bicyclic) bond motifs is 2. The van der Waals surface area contributed by atoms with Crippen LogP contribution in [-0.4, -0.2) is 37.5 Å². The third-order valence-corrected chi connectivity index (χ3v) is 11.7. The fourth-order valence-electron chi connectivity index (χ4n) is 5.82. The maximum Gasteiger partial charge on any atom is 0.241 e. The first-order chi connectivity index (χ1) is 15.7. The van der Waals surface area contributed by atoms with Crippen molar-refractivity contribution >= 4 is 47.8 Å². The minimum absolute atomic E-state index is 0.139. The molecule has 33 heavy (non-hydrogen) atoms. The fourth-order valence-corrected chi connectivity index (χ4v) is 9.47. The van der Waals surface area contributed by atoms with Gasteiger partial charge in [0.15, 0.2) is 0 Å². The Labute approximate surface area is 209 Å². The molecule has 2 bridgehead atoms. The van der Waals surface area contributed by atoms with Gasteiger partial charge in [0, 0.05) is 16.5 Å². The zero-order chi connectivity index (χ0) is 24.4. The van der Waals surface area contributed by atoms with E-state index in [2.05, 4.69) is 49.3 Å². The van der Waals surface area contributed by atoms with E-state index in [0.29, 0.717) is 17.8 Å². The van der Waals surface area contributed by atoms with Gasteiger partial charge in [-0.15, -0.1) is 0 Å². The number of benzene rings is 1. The van der Waals surface area contributed by atoms with Crippen molar-refractivity contribution in [3.05, 3.63) is 28.8 Å². The highest BCUT2D eigenvalue weighted by Gasteiger charge is 2.53. The first kappa shape index (κ1) is 26.9. The Kier molecular flexibility index (Phi) is 8.94. The summed E-state index contributed by atoms with van der Waals surface area (Å²) in [7, 11) is 0.988. The second kappa shape index (κ2) is 11.0. The zero-order valence-electron chi connectivity index (χ0n) is 20.5. The van der Waals surface area contributed by atoms with Gasteiger partial charge in [-0.3, -0.25) is 4.79 Å². The van der Waals surface area contributed by atoms with Gasteiger partial charge in [-0.2, -0.15) is 0 Å². The van der Waals surface area contributed by atoms with Gasteiger partial charge in [-0.25, -0.2) is 4.72 Å². The number of carbonyl (C=O) groups is 2. The lowest BCUT2D eigenvalue weighted by Crippen LogP contribution is -2.56. The molecule has 8 heteroatoms. The van der Waals surface area contributed by atoms with E-state index in [1.165, 1.54) is 12.4 Å². The van der Waals surface area contributed by atoms with Crippen LogP contribution in [0.2, 0.25) is 5.02 Å². The molecule has 184 valence electrons. The number of nitrogens with one attached hydrogen (secondary N) is 2. The Hall–Kier alpha value is -0.650. The van der Waals surface area contributed by atoms with Crippen molar-refractivity contribution in [2.75, 3.05) is 13.7 Å². The average Bonchev–Trinajstić information content (AvgIpc) is 3.59. The average molecular weight is 512 g/mol. The molecule has 3 aliphatic carbocycles. The molecule has 6 unspecified atom stereocenters. The second-order valence-corrected chi connectivity index (χ2v) is 14.9. The summed E-state index contributed by atoms with van der Waals surface area (Å²) in [4.78, 5) is 25.0. The quantitative estimate of drug-likeness (QED) is 0.278. The highest BCUT2D eigenvalue weighted by Crippen LogP contribution is 2.51. The standard InChI is InChI=1S/C24H34ClN2O2PS.CH5N/c1-15-10-17-11-18(13-23(3,12-17)14-28)21(15)26-22(29)24(8-9-24)27-31-30(4)20-7-5-6-19(25)16(20)2;1-2/h5-7,14-15,17-18,21,27H,8-13H2,1-4H3,(H,26,29);2H2,1H3. The van der Waals surface area contributed by atoms with Crippen molar-refractivity contribution < 1.29 is 9.59 Å². The van der Waals surface area contributed by atoms with Crippen LogP contribution in [0.4, 0.5) is 0 Å². The molecule has 5 nitrogen and oxygen atoms in total. The lowest BCUT2D eigenvalue weighted by atomic mass is 9.58. The lowest BCUT2D eigenvalue weighted by Gasteiger charge is -2.49. The van der Waals surface area contributed by atoms with E-state index < -0.39 is 12.7 Å². The topological polar surface area (TPSA) is 84.2 Å². The Morgan fingerprint density at radius 1 is 1.27 bits per heavy atom. The molecule has 0 saturated heterocycles. The molecule has 4 N–H and O–H groups in total. The van der Waals surface area contributed by atoms with Gasteiger partial charge < -0.3 is 15.8 Å². The zero-order valence-corrected chi connectivity index (χ0v) is 23.0. The third-order valence-electron chi connectivity index (χ3n) is 7.67. The molecule has 0 radical (unpaired) electrons. The number of hydrogen-bond donors (Lipinski definition) is 3. The summed E-state index contributed by atoms with van der Waals surface area (Å²) in [5.74, 6) is 1.62. The van der Waals surface area contributed by atoms with Crippen molar-refractivity contribution in [3.63, 3.8) is 0 Å². The Bertz CT molecular complexity index is 866. The van der Waals surface area contributed by atoms with Crippen molar-refractivity contribution in [1.82, 2.24) is 10.0 Å². The second-order valence-electron chi connectivity index (χ2n) is 10.4. The largest absolute Gasteiger partial charge is 0.351 e. The van der Waals surface area contributed by atoms with Crippen molar-refractivity contribution in [2.24, 2.45) is 28.9 Å². The molecule has 1 aromatic rings. The predicted molar refractivity (Wildman–Crippen MR) is 142 cm³/mol. The van der Waals surface area contributed by atoms with Crippen LogP contribution in [0.25, 0.3) is 0 Å². The summed E-state index contributed by atoms with van der Waals surface area (Å²) in [6.07, 6.45) is 7.06. The Morgan fingerprint density at radius 3 is 2.61 bits per heavy atom.